The minimum absolute atomic E-state index is 0.141. The van der Waals surface area contributed by atoms with Crippen LogP contribution in [0.15, 0.2) is 0 Å². The van der Waals surface area contributed by atoms with E-state index in [2.05, 4.69) is 33.9 Å². The summed E-state index contributed by atoms with van der Waals surface area (Å²) in [5, 5.41) is 28.6. The maximum atomic E-state index is 13.1. The lowest BCUT2D eigenvalue weighted by Gasteiger charge is -2.28. The third-order valence-electron chi connectivity index (χ3n) is 5.67. The van der Waals surface area contributed by atoms with Gasteiger partial charge >= 0.3 is 5.97 Å². The maximum Gasteiger partial charge on any atom is 0.327 e. The summed E-state index contributed by atoms with van der Waals surface area (Å²) in [6.07, 6.45) is 2.66. The molecule has 14 heteroatoms. The third-order valence-corrected chi connectivity index (χ3v) is 6.68. The smallest absolute Gasteiger partial charge is 0.327 e. The molecule has 0 unspecified atom stereocenters. The summed E-state index contributed by atoms with van der Waals surface area (Å²) in [5.74, 6) is -4.16. The summed E-state index contributed by atoms with van der Waals surface area (Å²) in [4.78, 5) is 62.2. The van der Waals surface area contributed by atoms with Crippen LogP contribution in [-0.2, 0) is 24.0 Å². The number of aliphatic carboxylic acids is 1. The SMILES string of the molecule is CC[C@H](C)[C@H](NC(=O)[C@H](CCSC)NC(=O)[C@@H](N)C(C)C)C(=O)N[C@@H](CO)C(=O)N[C@@H](CS)C(=O)O. The molecule has 0 heterocycles. The summed E-state index contributed by atoms with van der Waals surface area (Å²) in [6, 6.07) is -5.58. The molecule has 0 aromatic carbocycles. The Morgan fingerprint density at radius 1 is 0.889 bits per heavy atom. The van der Waals surface area contributed by atoms with E-state index < -0.39 is 66.4 Å². The van der Waals surface area contributed by atoms with Gasteiger partial charge in [-0.05, 0) is 30.3 Å². The summed E-state index contributed by atoms with van der Waals surface area (Å²) >= 11 is 5.35. The molecule has 0 rings (SSSR count). The number of hydrogen-bond donors (Lipinski definition) is 8. The van der Waals surface area contributed by atoms with Crippen molar-refractivity contribution in [2.45, 2.75) is 70.7 Å². The largest absolute Gasteiger partial charge is 0.480 e. The molecule has 36 heavy (non-hydrogen) atoms. The van der Waals surface area contributed by atoms with Crippen LogP contribution in [0.4, 0.5) is 0 Å². The molecule has 0 aromatic heterocycles. The van der Waals surface area contributed by atoms with Gasteiger partial charge in [-0.2, -0.15) is 24.4 Å². The van der Waals surface area contributed by atoms with Gasteiger partial charge in [0.2, 0.25) is 23.6 Å². The van der Waals surface area contributed by atoms with Crippen LogP contribution in [0.2, 0.25) is 0 Å². The number of hydrogen-bond acceptors (Lipinski definition) is 9. The standard InChI is InChI=1S/C22H41N5O7S2/c1-6-12(4)17(21(32)25-14(9-28)19(30)26-15(10-35)22(33)34)27-18(29)13(7-8-36-5)24-20(31)16(23)11(2)3/h11-17,28,35H,6-10,23H2,1-5H3,(H,24,31)(H,25,32)(H,26,30)(H,27,29)(H,33,34)/t12-,13-,14-,15-,16-,17-/m0/s1. The van der Waals surface area contributed by atoms with Crippen molar-refractivity contribution in [3.05, 3.63) is 0 Å². The Balaban J connectivity index is 5.60. The first kappa shape index (κ1) is 34.0. The minimum atomic E-state index is -1.45. The highest BCUT2D eigenvalue weighted by molar-refractivity contribution is 7.98. The van der Waals surface area contributed by atoms with Crippen LogP contribution in [-0.4, -0.2) is 94.4 Å². The molecule has 0 aliphatic carbocycles. The number of carboxylic acid groups (broad SMARTS) is 1. The first-order valence-electron chi connectivity index (χ1n) is 11.7. The Morgan fingerprint density at radius 3 is 1.86 bits per heavy atom. The van der Waals surface area contributed by atoms with Crippen LogP contribution in [0.5, 0.6) is 0 Å². The second-order valence-electron chi connectivity index (χ2n) is 8.81. The summed E-state index contributed by atoms with van der Waals surface area (Å²) in [5.41, 5.74) is 5.90. The minimum Gasteiger partial charge on any atom is -0.480 e. The molecule has 4 amide bonds. The second kappa shape index (κ2) is 17.4. The van der Waals surface area contributed by atoms with Crippen molar-refractivity contribution in [1.29, 1.82) is 0 Å². The Morgan fingerprint density at radius 2 is 1.42 bits per heavy atom. The fraction of sp³-hybridized carbons (Fsp3) is 0.773. The van der Waals surface area contributed by atoms with Gasteiger partial charge in [0.1, 0.15) is 24.2 Å². The highest BCUT2D eigenvalue weighted by Gasteiger charge is 2.33. The number of nitrogens with two attached hydrogens (primary N) is 1. The molecule has 0 spiro atoms. The molecule has 208 valence electrons. The second-order valence-corrected chi connectivity index (χ2v) is 10.2. The van der Waals surface area contributed by atoms with Gasteiger partial charge in [0.25, 0.3) is 0 Å². The molecule has 0 saturated carbocycles. The van der Waals surface area contributed by atoms with E-state index in [9.17, 15) is 29.1 Å². The number of thioether (sulfide) groups is 1. The molecule has 0 fully saturated rings. The molecule has 0 saturated heterocycles. The van der Waals surface area contributed by atoms with Crippen molar-refractivity contribution in [1.82, 2.24) is 21.3 Å². The molecular formula is C22H41N5O7S2. The number of amides is 4. The van der Waals surface area contributed by atoms with Crippen LogP contribution < -0.4 is 27.0 Å². The monoisotopic (exact) mass is 551 g/mol. The highest BCUT2D eigenvalue weighted by atomic mass is 32.2. The first-order valence-corrected chi connectivity index (χ1v) is 13.8. The van der Waals surface area contributed by atoms with Crippen molar-refractivity contribution in [3.8, 4) is 0 Å². The molecule has 0 aliphatic rings. The molecule has 0 aliphatic heterocycles. The van der Waals surface area contributed by atoms with E-state index in [1.807, 2.05) is 13.2 Å². The Hall–Kier alpha value is -2.03. The van der Waals surface area contributed by atoms with Gasteiger partial charge in [0, 0.05) is 5.75 Å². The van der Waals surface area contributed by atoms with E-state index in [4.69, 9.17) is 10.8 Å². The molecule has 12 nitrogen and oxygen atoms in total. The van der Waals surface area contributed by atoms with Crippen molar-refractivity contribution in [2.75, 3.05) is 24.4 Å². The molecule has 0 aromatic rings. The van der Waals surface area contributed by atoms with Gasteiger partial charge in [-0.15, -0.1) is 0 Å². The van der Waals surface area contributed by atoms with E-state index >= 15 is 0 Å². The fourth-order valence-electron chi connectivity index (χ4n) is 2.94. The lowest BCUT2D eigenvalue weighted by molar-refractivity contribution is -0.142. The third kappa shape index (κ3) is 11.4. The van der Waals surface area contributed by atoms with E-state index in [0.29, 0.717) is 18.6 Å². The van der Waals surface area contributed by atoms with Crippen molar-refractivity contribution in [2.24, 2.45) is 17.6 Å². The lowest BCUT2D eigenvalue weighted by atomic mass is 9.97. The normalized spacial score (nSPS) is 16.1. The van der Waals surface area contributed by atoms with Crippen molar-refractivity contribution in [3.63, 3.8) is 0 Å². The molecular weight excluding hydrogens is 510 g/mol. The van der Waals surface area contributed by atoms with Crippen molar-refractivity contribution >= 4 is 54.0 Å². The topological polar surface area (TPSA) is 200 Å². The van der Waals surface area contributed by atoms with Gasteiger partial charge in [-0.3, -0.25) is 19.2 Å². The zero-order valence-electron chi connectivity index (χ0n) is 21.4. The van der Waals surface area contributed by atoms with Crippen LogP contribution in [0.1, 0.15) is 40.5 Å². The number of nitrogens with one attached hydrogen (secondary N) is 4. The number of carboxylic acids is 1. The number of aliphatic hydroxyl groups excluding tert-OH is 1. The Labute approximate surface area is 222 Å². The van der Waals surface area contributed by atoms with Gasteiger partial charge in [0.15, 0.2) is 0 Å². The number of aliphatic hydroxyl groups is 1. The number of carbonyl (C=O) groups is 5. The van der Waals surface area contributed by atoms with Crippen molar-refractivity contribution < 1.29 is 34.2 Å². The van der Waals surface area contributed by atoms with Crippen LogP contribution in [0, 0.1) is 11.8 Å². The predicted octanol–water partition coefficient (Wildman–Crippen LogP) is -1.29. The fourth-order valence-corrected chi connectivity index (χ4v) is 3.66. The van der Waals surface area contributed by atoms with Crippen LogP contribution in [0.25, 0.3) is 0 Å². The summed E-state index contributed by atoms with van der Waals surface area (Å²) in [7, 11) is 0. The zero-order valence-corrected chi connectivity index (χ0v) is 23.2. The Kier molecular flexibility index (Phi) is 16.4. The van der Waals surface area contributed by atoms with Gasteiger partial charge in [-0.1, -0.05) is 34.1 Å². The maximum absolute atomic E-state index is 13.1. The zero-order chi connectivity index (χ0) is 28.0. The summed E-state index contributed by atoms with van der Waals surface area (Å²) < 4.78 is 0. The highest BCUT2D eigenvalue weighted by Crippen LogP contribution is 2.11. The average Bonchev–Trinajstić information content (AvgIpc) is 2.84. The van der Waals surface area contributed by atoms with Gasteiger partial charge < -0.3 is 37.2 Å². The van der Waals surface area contributed by atoms with Crippen LogP contribution >= 0.6 is 24.4 Å². The van der Waals surface area contributed by atoms with E-state index in [0.717, 1.165) is 0 Å². The van der Waals surface area contributed by atoms with Crippen LogP contribution in [0.3, 0.4) is 0 Å². The number of thiol groups is 1. The molecule has 8 N–H and O–H groups in total. The van der Waals surface area contributed by atoms with Gasteiger partial charge in [0.05, 0.1) is 12.6 Å². The number of rotatable bonds is 17. The van der Waals surface area contributed by atoms with Gasteiger partial charge in [-0.25, -0.2) is 4.79 Å². The molecule has 0 radical (unpaired) electrons. The summed E-state index contributed by atoms with van der Waals surface area (Å²) in [6.45, 7) is 6.31. The lowest BCUT2D eigenvalue weighted by Crippen LogP contribution is -2.60. The average molecular weight is 552 g/mol. The number of carbonyl (C=O) groups excluding carboxylic acids is 4. The molecule has 0 bridgehead atoms. The first-order chi connectivity index (χ1) is 16.8. The quantitative estimate of drug-likeness (QED) is 0.101. The van der Waals surface area contributed by atoms with E-state index in [-0.39, 0.29) is 17.6 Å². The predicted molar refractivity (Wildman–Crippen MR) is 142 cm³/mol. The van der Waals surface area contributed by atoms with E-state index in [1.165, 1.54) is 11.8 Å². The Bertz CT molecular complexity index is 756. The van der Waals surface area contributed by atoms with E-state index in [1.54, 1.807) is 20.8 Å². The molecule has 6 atom stereocenters.